The van der Waals surface area contributed by atoms with Gasteiger partial charge >= 0.3 is 0 Å². The molecule has 0 radical (unpaired) electrons. The van der Waals surface area contributed by atoms with Crippen molar-refractivity contribution in [3.05, 3.63) is 106 Å². The van der Waals surface area contributed by atoms with Gasteiger partial charge in [-0.1, -0.05) is 61.0 Å². The monoisotopic (exact) mass is 440 g/mol. The third-order valence-corrected chi connectivity index (χ3v) is 6.51. The Morgan fingerprint density at radius 1 is 0.939 bits per heavy atom. The molecule has 0 bridgehead atoms. The molecular formula is C29H32N2O2. The molecule has 0 aromatic heterocycles. The van der Waals surface area contributed by atoms with E-state index in [-0.39, 0.29) is 17.7 Å². The summed E-state index contributed by atoms with van der Waals surface area (Å²) in [5.74, 6) is 0.258. The van der Waals surface area contributed by atoms with Crippen molar-refractivity contribution in [3.8, 4) is 0 Å². The van der Waals surface area contributed by atoms with Crippen molar-refractivity contribution < 1.29 is 9.59 Å². The van der Waals surface area contributed by atoms with Crippen LogP contribution in [0.15, 0.2) is 72.8 Å². The first-order chi connectivity index (χ1) is 16.0. The molecule has 4 rings (SSSR count). The van der Waals surface area contributed by atoms with Gasteiger partial charge in [0, 0.05) is 36.7 Å². The summed E-state index contributed by atoms with van der Waals surface area (Å²) in [5.41, 5.74) is 6.06. The van der Waals surface area contributed by atoms with Crippen molar-refractivity contribution in [1.82, 2.24) is 10.2 Å². The zero-order valence-corrected chi connectivity index (χ0v) is 19.5. The first kappa shape index (κ1) is 22.8. The number of aryl methyl sites for hydroxylation is 2. The molecule has 1 atom stereocenters. The molecule has 1 heterocycles. The molecule has 0 aliphatic carbocycles. The van der Waals surface area contributed by atoms with Crippen LogP contribution in [-0.2, 0) is 13.0 Å². The molecule has 170 valence electrons. The summed E-state index contributed by atoms with van der Waals surface area (Å²) >= 11 is 0. The number of carbonyl (C=O) groups is 2. The topological polar surface area (TPSA) is 49.4 Å². The second-order valence-electron chi connectivity index (χ2n) is 8.93. The second-order valence-corrected chi connectivity index (χ2v) is 8.93. The van der Waals surface area contributed by atoms with E-state index in [0.717, 1.165) is 42.5 Å². The molecule has 0 spiro atoms. The highest BCUT2D eigenvalue weighted by molar-refractivity contribution is 5.95. The zero-order valence-electron chi connectivity index (χ0n) is 19.5. The van der Waals surface area contributed by atoms with Gasteiger partial charge in [0.25, 0.3) is 11.8 Å². The first-order valence-electron chi connectivity index (χ1n) is 11.9. The van der Waals surface area contributed by atoms with Gasteiger partial charge in [-0.15, -0.1) is 0 Å². The van der Waals surface area contributed by atoms with E-state index in [9.17, 15) is 9.59 Å². The van der Waals surface area contributed by atoms with Gasteiger partial charge in [-0.2, -0.15) is 0 Å². The van der Waals surface area contributed by atoms with Crippen LogP contribution in [0.5, 0.6) is 0 Å². The van der Waals surface area contributed by atoms with E-state index in [2.05, 4.69) is 37.4 Å². The van der Waals surface area contributed by atoms with E-state index in [1.165, 1.54) is 11.1 Å². The molecule has 1 aliphatic rings. The maximum Gasteiger partial charge on any atom is 0.253 e. The molecule has 33 heavy (non-hydrogen) atoms. The molecule has 3 aromatic rings. The number of hydrogen-bond acceptors (Lipinski definition) is 2. The lowest BCUT2D eigenvalue weighted by atomic mass is 9.89. The molecule has 3 aromatic carbocycles. The lowest BCUT2D eigenvalue weighted by molar-refractivity contribution is 0.0706. The predicted octanol–water partition coefficient (Wildman–Crippen LogP) is 5.51. The number of nitrogens with one attached hydrogen (secondary N) is 1. The van der Waals surface area contributed by atoms with E-state index >= 15 is 0 Å². The normalized spacial score (nSPS) is 15.8. The number of benzene rings is 3. The van der Waals surface area contributed by atoms with Crippen molar-refractivity contribution in [2.45, 2.75) is 45.6 Å². The predicted molar refractivity (Wildman–Crippen MR) is 132 cm³/mol. The highest BCUT2D eigenvalue weighted by Gasteiger charge is 2.26. The van der Waals surface area contributed by atoms with Gasteiger partial charge in [0.1, 0.15) is 0 Å². The average Bonchev–Trinajstić information content (AvgIpc) is 2.88. The molecule has 4 nitrogen and oxygen atoms in total. The Morgan fingerprint density at radius 2 is 1.67 bits per heavy atom. The lowest BCUT2D eigenvalue weighted by Gasteiger charge is -2.33. The van der Waals surface area contributed by atoms with Crippen LogP contribution < -0.4 is 5.32 Å². The molecule has 2 amide bonds. The van der Waals surface area contributed by atoms with E-state index in [1.54, 1.807) is 0 Å². The molecule has 0 unspecified atom stereocenters. The highest BCUT2D eigenvalue weighted by atomic mass is 16.2. The summed E-state index contributed by atoms with van der Waals surface area (Å²) < 4.78 is 0. The molecular weight excluding hydrogens is 408 g/mol. The molecule has 1 N–H and O–H groups in total. The summed E-state index contributed by atoms with van der Waals surface area (Å²) in [6, 6.07) is 24.0. The minimum Gasteiger partial charge on any atom is -0.348 e. The van der Waals surface area contributed by atoms with Crippen molar-refractivity contribution in [2.24, 2.45) is 0 Å². The van der Waals surface area contributed by atoms with Crippen molar-refractivity contribution >= 4 is 11.8 Å². The minimum atomic E-state index is -0.0721. The van der Waals surface area contributed by atoms with Crippen LogP contribution in [0.4, 0.5) is 0 Å². The van der Waals surface area contributed by atoms with Crippen molar-refractivity contribution in [1.29, 1.82) is 0 Å². The number of nitrogens with zero attached hydrogens (tertiary/aromatic N) is 1. The number of hydrogen-bond donors (Lipinski definition) is 1. The number of piperidine rings is 1. The fourth-order valence-electron chi connectivity index (χ4n) is 4.42. The maximum atomic E-state index is 13.1. The van der Waals surface area contributed by atoms with Crippen LogP contribution in [0.1, 0.15) is 68.7 Å². The van der Waals surface area contributed by atoms with Crippen LogP contribution in [-0.4, -0.2) is 29.8 Å². The maximum absolute atomic E-state index is 13.1. The third kappa shape index (κ3) is 5.70. The SMILES string of the molecule is CCc1ccc(C(=O)N2CCC[C@@H](c3cccc(C(=O)NCc4ccc(C)cc4)c3)C2)cc1. The molecule has 0 saturated carbocycles. The standard InChI is InChI=1S/C29H32N2O2/c1-3-22-13-15-24(16-14-22)29(33)31-17-5-8-27(20-31)25-6-4-7-26(18-25)28(32)30-19-23-11-9-21(2)10-12-23/h4,6-7,9-16,18,27H,3,5,8,17,19-20H2,1-2H3,(H,30,32)/t27-/m1/s1. The van der Waals surface area contributed by atoms with E-state index in [4.69, 9.17) is 0 Å². The van der Waals surface area contributed by atoms with Gasteiger partial charge in [0.15, 0.2) is 0 Å². The highest BCUT2D eigenvalue weighted by Crippen LogP contribution is 2.28. The molecule has 4 heteroatoms. The van der Waals surface area contributed by atoms with Gasteiger partial charge in [0.05, 0.1) is 0 Å². The van der Waals surface area contributed by atoms with Crippen LogP contribution in [0.3, 0.4) is 0 Å². The van der Waals surface area contributed by atoms with Crippen LogP contribution >= 0.6 is 0 Å². The van der Waals surface area contributed by atoms with Gasteiger partial charge in [-0.05, 0) is 67.1 Å². The summed E-state index contributed by atoms with van der Waals surface area (Å²) in [5, 5.41) is 3.02. The Morgan fingerprint density at radius 3 is 2.39 bits per heavy atom. The number of likely N-dealkylation sites (tertiary alicyclic amines) is 1. The number of carbonyl (C=O) groups excluding carboxylic acids is 2. The van der Waals surface area contributed by atoms with Gasteiger partial charge < -0.3 is 10.2 Å². The van der Waals surface area contributed by atoms with Crippen LogP contribution in [0.2, 0.25) is 0 Å². The zero-order chi connectivity index (χ0) is 23.2. The van der Waals surface area contributed by atoms with Crippen LogP contribution in [0.25, 0.3) is 0 Å². The number of amides is 2. The van der Waals surface area contributed by atoms with E-state index < -0.39 is 0 Å². The molecule has 1 aliphatic heterocycles. The van der Waals surface area contributed by atoms with Crippen molar-refractivity contribution in [2.75, 3.05) is 13.1 Å². The molecule has 1 saturated heterocycles. The average molecular weight is 441 g/mol. The van der Waals surface area contributed by atoms with E-state index in [0.29, 0.717) is 18.7 Å². The van der Waals surface area contributed by atoms with Crippen LogP contribution in [0, 0.1) is 6.92 Å². The Labute approximate surface area is 196 Å². The van der Waals surface area contributed by atoms with Gasteiger partial charge in [-0.3, -0.25) is 9.59 Å². The fourth-order valence-corrected chi connectivity index (χ4v) is 4.42. The fraction of sp³-hybridized carbons (Fsp3) is 0.310. The summed E-state index contributed by atoms with van der Waals surface area (Å²) in [6.07, 6.45) is 2.95. The number of rotatable bonds is 6. The van der Waals surface area contributed by atoms with Crippen molar-refractivity contribution in [3.63, 3.8) is 0 Å². The first-order valence-corrected chi connectivity index (χ1v) is 11.9. The minimum absolute atomic E-state index is 0.0721. The molecule has 1 fully saturated rings. The largest absolute Gasteiger partial charge is 0.348 e. The quantitative estimate of drug-likeness (QED) is 0.550. The third-order valence-electron chi connectivity index (χ3n) is 6.51. The summed E-state index contributed by atoms with van der Waals surface area (Å²) in [7, 11) is 0. The van der Waals surface area contributed by atoms with E-state index in [1.807, 2.05) is 59.5 Å². The smallest absolute Gasteiger partial charge is 0.253 e. The Bertz CT molecular complexity index is 1100. The summed E-state index contributed by atoms with van der Waals surface area (Å²) in [4.78, 5) is 27.8. The Hall–Kier alpha value is -3.40. The van der Waals surface area contributed by atoms with Gasteiger partial charge in [-0.25, -0.2) is 0 Å². The van der Waals surface area contributed by atoms with Gasteiger partial charge in [0.2, 0.25) is 0 Å². The summed E-state index contributed by atoms with van der Waals surface area (Å²) in [6.45, 7) is 6.13. The Kier molecular flexibility index (Phi) is 7.23. The Balaban J connectivity index is 1.40. The second kappa shape index (κ2) is 10.5. The lowest BCUT2D eigenvalue weighted by Crippen LogP contribution is -2.39.